The first-order chi connectivity index (χ1) is 28.0. The SMILES string of the molecule is CCCCc1ccccc1-c1cccc2c1C=C(CCC)[CH]2[Hf]([Cl])([Cl])([B](NC(=O)CC)NC(=O)CC)[CH]1C(CCC)=Cc2c(-c3ccccc3CCCC)cccc21. The predicted octanol–water partition coefficient (Wildman–Crippen LogP) is 13.9. The Morgan fingerprint density at radius 1 is 0.534 bits per heavy atom. The Kier molecular flexibility index (Phi) is 14.9. The van der Waals surface area contributed by atoms with Crippen LogP contribution in [0.3, 0.4) is 0 Å². The predicted molar refractivity (Wildman–Crippen MR) is 247 cm³/mol. The van der Waals surface area contributed by atoms with Crippen molar-refractivity contribution in [2.75, 3.05) is 0 Å². The van der Waals surface area contributed by atoms with Crippen LogP contribution in [-0.2, 0) is 38.3 Å². The quantitative estimate of drug-likeness (QED) is 0.0920. The molecule has 0 fully saturated rings. The van der Waals surface area contributed by atoms with E-state index < -0.39 is 20.5 Å². The van der Waals surface area contributed by atoms with Gasteiger partial charge in [-0.15, -0.1) is 0 Å². The summed E-state index contributed by atoms with van der Waals surface area (Å²) < 4.78 is -1.66. The standard InChI is InChI=1S/2C22H25.C6H11BN2O2.2ClH.Hf/c2*1-3-5-10-18-11-6-7-13-20(18)21-14-8-12-19-15-17(9-4-2)16-22(19)21;1-3-5(10)8-7-9-6(11)4-2;;;/h2*6-8,11-16H,3-5,9-10H2,1-2H3;3-4H2,1-2H3,(H-,8,9,10,11);2*1H;/q;;;;;+1/p-1. The summed E-state index contributed by atoms with van der Waals surface area (Å²) in [5, 5.41) is 6.64. The molecule has 4 aromatic carbocycles. The second kappa shape index (κ2) is 19.5. The number of unbranched alkanes of at least 4 members (excludes halogenated alkanes) is 2. The maximum atomic E-state index is 13.8. The Morgan fingerprint density at radius 2 is 0.931 bits per heavy atom. The molecule has 2 amide bonds. The minimum absolute atomic E-state index is 0.179. The summed E-state index contributed by atoms with van der Waals surface area (Å²) in [5.41, 5.74) is 14.4. The van der Waals surface area contributed by atoms with Gasteiger partial charge in [-0.05, 0) is 0 Å². The van der Waals surface area contributed by atoms with Crippen LogP contribution in [0.15, 0.2) is 96.1 Å². The van der Waals surface area contributed by atoms with Crippen molar-refractivity contribution >= 4 is 45.7 Å². The molecule has 0 saturated heterocycles. The number of carbonyl (C=O) groups excluding carboxylic acids is 2. The molecule has 0 saturated carbocycles. The van der Waals surface area contributed by atoms with E-state index in [0.717, 1.165) is 86.5 Å². The second-order valence-electron chi connectivity index (χ2n) is 16.4. The molecule has 2 aliphatic carbocycles. The van der Waals surface area contributed by atoms with E-state index in [4.69, 9.17) is 17.2 Å². The Labute approximate surface area is 356 Å². The summed E-state index contributed by atoms with van der Waals surface area (Å²) >= 11 is -6.17. The van der Waals surface area contributed by atoms with Crippen molar-refractivity contribution in [2.45, 2.75) is 126 Å². The van der Waals surface area contributed by atoms with E-state index in [2.05, 4.69) is 135 Å². The molecule has 2 unspecified atom stereocenters. The van der Waals surface area contributed by atoms with Gasteiger partial charge in [0.25, 0.3) is 0 Å². The van der Waals surface area contributed by atoms with Crippen LogP contribution in [0.4, 0.5) is 0 Å². The molecule has 2 atom stereocenters. The zero-order valence-corrected chi connectivity index (χ0v) is 40.6. The van der Waals surface area contributed by atoms with Gasteiger partial charge in [-0.2, -0.15) is 0 Å². The summed E-state index contributed by atoms with van der Waals surface area (Å²) in [7, 11) is 17.9. The summed E-state index contributed by atoms with van der Waals surface area (Å²) in [5.74, 6) is -0.359. The maximum absolute atomic E-state index is 13.8. The van der Waals surface area contributed by atoms with Gasteiger partial charge >= 0.3 is 359 Å². The molecule has 0 bridgehead atoms. The van der Waals surface area contributed by atoms with E-state index in [1.807, 2.05) is 13.8 Å². The fourth-order valence-electron chi connectivity index (χ4n) is 9.79. The fraction of sp³-hybridized carbons (Fsp3) is 0.400. The summed E-state index contributed by atoms with van der Waals surface area (Å²) in [6, 6.07) is 30.8. The molecule has 305 valence electrons. The van der Waals surface area contributed by atoms with Crippen molar-refractivity contribution in [1.29, 1.82) is 0 Å². The second-order valence-corrected chi connectivity index (χ2v) is 46.9. The van der Waals surface area contributed by atoms with Gasteiger partial charge in [0.1, 0.15) is 0 Å². The summed E-state index contributed by atoms with van der Waals surface area (Å²) in [6.45, 7) is 12.6. The number of rotatable bonds is 19. The third-order valence-corrected chi connectivity index (χ3v) is 41.0. The van der Waals surface area contributed by atoms with Crippen molar-refractivity contribution in [3.8, 4) is 22.3 Å². The van der Waals surface area contributed by atoms with Crippen LogP contribution in [0.5, 0.6) is 0 Å². The van der Waals surface area contributed by atoms with Gasteiger partial charge in [0.05, 0.1) is 0 Å². The number of allylic oxidation sites excluding steroid dienone is 2. The topological polar surface area (TPSA) is 58.2 Å². The number of hydrogen-bond donors (Lipinski definition) is 2. The number of carbonyl (C=O) groups is 2. The number of fused-ring (bicyclic) bond motifs is 2. The Bertz CT molecular complexity index is 2050. The first kappa shape index (κ1) is 44.4. The van der Waals surface area contributed by atoms with Gasteiger partial charge in [-0.3, -0.25) is 0 Å². The fourth-order valence-corrected chi connectivity index (χ4v) is 39.5. The number of hydrogen-bond acceptors (Lipinski definition) is 2. The molecule has 2 N–H and O–H groups in total. The van der Waals surface area contributed by atoms with Crippen LogP contribution in [-0.4, -0.2) is 16.4 Å². The van der Waals surface area contributed by atoms with E-state index >= 15 is 0 Å². The number of nitrogens with one attached hydrogen (secondary N) is 2. The van der Waals surface area contributed by atoms with Crippen molar-refractivity contribution in [3.05, 3.63) is 129 Å². The number of benzene rings is 4. The molecular formula is C50H62BCl2HfN2O2. The molecular weight excluding hydrogens is 921 g/mol. The first-order valence-electron chi connectivity index (χ1n) is 22.0. The van der Waals surface area contributed by atoms with E-state index in [0.29, 0.717) is 0 Å². The minimum atomic E-state index is -6.17. The molecule has 6 rings (SSSR count). The normalized spacial score (nSPS) is 16.4. The molecule has 0 aliphatic heterocycles. The third kappa shape index (κ3) is 8.55. The molecule has 0 spiro atoms. The molecule has 0 heterocycles. The summed E-state index contributed by atoms with van der Waals surface area (Å²) in [4.78, 5) is 27.5. The molecule has 2 aliphatic rings. The average Bonchev–Trinajstić information content (AvgIpc) is 3.82. The Balaban J connectivity index is 1.68. The molecule has 4 aromatic rings. The van der Waals surface area contributed by atoms with Crippen LogP contribution in [0.25, 0.3) is 34.4 Å². The van der Waals surface area contributed by atoms with Gasteiger partial charge in [-0.25, -0.2) is 0 Å². The van der Waals surface area contributed by atoms with Crippen molar-refractivity contribution in [3.63, 3.8) is 0 Å². The summed E-state index contributed by atoms with van der Waals surface area (Å²) in [6.07, 6.45) is 15.1. The van der Waals surface area contributed by atoms with E-state index in [1.54, 1.807) is 0 Å². The zero-order chi connectivity index (χ0) is 41.5. The Morgan fingerprint density at radius 3 is 1.31 bits per heavy atom. The van der Waals surface area contributed by atoms with E-state index in [9.17, 15) is 9.59 Å². The van der Waals surface area contributed by atoms with Gasteiger partial charge in [0.2, 0.25) is 0 Å². The number of aryl methyl sites for hydroxylation is 2. The molecule has 0 radical (unpaired) electrons. The van der Waals surface area contributed by atoms with Crippen LogP contribution in [0, 0.1) is 0 Å². The molecule has 8 heteroatoms. The van der Waals surface area contributed by atoms with Gasteiger partial charge < -0.3 is 0 Å². The monoisotopic (exact) mass is 983 g/mol. The van der Waals surface area contributed by atoms with E-state index in [1.165, 1.54) is 44.5 Å². The molecule has 4 nitrogen and oxygen atoms in total. The Hall–Kier alpha value is -3.18. The zero-order valence-electron chi connectivity index (χ0n) is 35.5. The first-order valence-corrected chi connectivity index (χ1v) is 37.2. The third-order valence-electron chi connectivity index (χ3n) is 12.5. The van der Waals surface area contributed by atoms with Crippen molar-refractivity contribution in [1.82, 2.24) is 10.5 Å². The van der Waals surface area contributed by atoms with Gasteiger partial charge in [-0.1, -0.05) is 0 Å². The van der Waals surface area contributed by atoms with Crippen LogP contribution < -0.4 is 10.5 Å². The molecule has 58 heavy (non-hydrogen) atoms. The molecule has 0 aromatic heterocycles. The number of amides is 2. The average molecular weight is 983 g/mol. The van der Waals surface area contributed by atoms with Crippen molar-refractivity contribution < 1.29 is 25.5 Å². The van der Waals surface area contributed by atoms with Gasteiger partial charge in [0, 0.05) is 0 Å². The van der Waals surface area contributed by atoms with Crippen LogP contribution in [0.2, 0.25) is 0 Å². The van der Waals surface area contributed by atoms with Crippen LogP contribution >= 0.6 is 17.2 Å². The number of halogens is 2. The van der Waals surface area contributed by atoms with E-state index in [-0.39, 0.29) is 32.0 Å². The van der Waals surface area contributed by atoms with Crippen molar-refractivity contribution in [2.24, 2.45) is 0 Å². The van der Waals surface area contributed by atoms with Crippen LogP contribution in [0.1, 0.15) is 146 Å². The van der Waals surface area contributed by atoms with Gasteiger partial charge in [0.15, 0.2) is 0 Å².